The highest BCUT2D eigenvalue weighted by atomic mass is 79.9. The molecule has 0 saturated heterocycles. The summed E-state index contributed by atoms with van der Waals surface area (Å²) in [7, 11) is 0. The fourth-order valence-corrected chi connectivity index (χ4v) is 1.93. The lowest BCUT2D eigenvalue weighted by Gasteiger charge is -2.07. The molecular formula is C11H5BrClF2NO2. The highest BCUT2D eigenvalue weighted by Gasteiger charge is 2.16. The monoisotopic (exact) mass is 335 g/mol. The first-order valence-electron chi connectivity index (χ1n) is 4.68. The topological polar surface area (TPSA) is 42.2 Å². The molecular weight excluding hydrogens is 331 g/mol. The van der Waals surface area contributed by atoms with E-state index in [0.717, 1.165) is 6.07 Å². The minimum absolute atomic E-state index is 0.0405. The van der Waals surface area contributed by atoms with Gasteiger partial charge in [0.05, 0.1) is 5.69 Å². The lowest BCUT2D eigenvalue weighted by atomic mass is 10.3. The second kappa shape index (κ2) is 5.07. The van der Waals surface area contributed by atoms with Gasteiger partial charge in [-0.1, -0.05) is 0 Å². The van der Waals surface area contributed by atoms with Crippen LogP contribution in [0.3, 0.4) is 0 Å². The van der Waals surface area contributed by atoms with Gasteiger partial charge in [0.25, 0.3) is 5.91 Å². The van der Waals surface area contributed by atoms with Gasteiger partial charge in [0.2, 0.25) is 0 Å². The summed E-state index contributed by atoms with van der Waals surface area (Å²) in [6, 6.07) is 4.42. The van der Waals surface area contributed by atoms with Crippen molar-refractivity contribution in [3.05, 3.63) is 51.4 Å². The van der Waals surface area contributed by atoms with Gasteiger partial charge in [0.1, 0.15) is 5.82 Å². The van der Waals surface area contributed by atoms with Crippen molar-refractivity contribution in [3.8, 4) is 0 Å². The highest BCUT2D eigenvalue weighted by molar-refractivity contribution is 9.10. The number of nitrogens with one attached hydrogen (secondary N) is 1. The molecule has 0 aliphatic heterocycles. The number of carbonyl (C=O) groups excluding carboxylic acids is 1. The molecule has 0 bridgehead atoms. The zero-order valence-corrected chi connectivity index (χ0v) is 11.0. The standard InChI is InChI=1S/C11H5BrClF2NO2/c12-6-3-5(14)4-7(15)10(6)16-11(17)8-1-2-9(13)18-8/h1-4H,(H,16,17). The van der Waals surface area contributed by atoms with E-state index in [9.17, 15) is 13.6 Å². The maximum atomic E-state index is 13.5. The first kappa shape index (κ1) is 13.0. The molecule has 0 aliphatic carbocycles. The molecule has 18 heavy (non-hydrogen) atoms. The summed E-state index contributed by atoms with van der Waals surface area (Å²) in [5, 5.41) is 2.30. The van der Waals surface area contributed by atoms with Gasteiger partial charge < -0.3 is 9.73 Å². The third kappa shape index (κ3) is 2.70. The molecule has 1 amide bonds. The predicted octanol–water partition coefficient (Wildman–Crippen LogP) is 4.23. The smallest absolute Gasteiger partial charge is 0.291 e. The summed E-state index contributed by atoms with van der Waals surface area (Å²) in [6.07, 6.45) is 0. The van der Waals surface area contributed by atoms with E-state index in [1.807, 2.05) is 0 Å². The molecule has 7 heteroatoms. The van der Waals surface area contributed by atoms with Gasteiger partial charge in [-0.15, -0.1) is 0 Å². The molecule has 1 aromatic carbocycles. The Kier molecular flexibility index (Phi) is 3.68. The number of amides is 1. The molecule has 2 rings (SSSR count). The van der Waals surface area contributed by atoms with E-state index in [0.29, 0.717) is 6.07 Å². The van der Waals surface area contributed by atoms with Crippen LogP contribution in [-0.4, -0.2) is 5.91 Å². The van der Waals surface area contributed by atoms with Crippen molar-refractivity contribution in [2.75, 3.05) is 5.32 Å². The predicted molar refractivity (Wildman–Crippen MR) is 65.7 cm³/mol. The highest BCUT2D eigenvalue weighted by Crippen LogP contribution is 2.27. The van der Waals surface area contributed by atoms with Crippen LogP contribution in [-0.2, 0) is 0 Å². The lowest BCUT2D eigenvalue weighted by Crippen LogP contribution is -2.12. The number of anilines is 1. The summed E-state index contributed by atoms with van der Waals surface area (Å²) in [5.41, 5.74) is -0.172. The molecule has 94 valence electrons. The molecule has 0 atom stereocenters. The SMILES string of the molecule is O=C(Nc1c(F)cc(F)cc1Br)c1ccc(Cl)o1. The molecule has 2 aromatic rings. The van der Waals surface area contributed by atoms with Crippen LogP contribution in [0.1, 0.15) is 10.6 Å². The van der Waals surface area contributed by atoms with Gasteiger partial charge in [0, 0.05) is 10.5 Å². The van der Waals surface area contributed by atoms with Gasteiger partial charge in [-0.05, 0) is 45.7 Å². The second-order valence-corrected chi connectivity index (χ2v) is 4.53. The number of carbonyl (C=O) groups is 1. The Morgan fingerprint density at radius 2 is 2.06 bits per heavy atom. The van der Waals surface area contributed by atoms with Crippen LogP contribution < -0.4 is 5.32 Å². The van der Waals surface area contributed by atoms with Crippen molar-refractivity contribution in [2.45, 2.75) is 0 Å². The zero-order valence-electron chi connectivity index (χ0n) is 8.64. The molecule has 1 N–H and O–H groups in total. The van der Waals surface area contributed by atoms with Crippen molar-refractivity contribution >= 4 is 39.1 Å². The number of halogens is 4. The quantitative estimate of drug-likeness (QED) is 0.892. The fourth-order valence-electron chi connectivity index (χ4n) is 1.27. The molecule has 0 saturated carbocycles. The van der Waals surface area contributed by atoms with Gasteiger partial charge in [-0.3, -0.25) is 4.79 Å². The van der Waals surface area contributed by atoms with Gasteiger partial charge in [-0.2, -0.15) is 0 Å². The van der Waals surface area contributed by atoms with Gasteiger partial charge in [0.15, 0.2) is 16.8 Å². The van der Waals surface area contributed by atoms with Crippen molar-refractivity contribution in [3.63, 3.8) is 0 Å². The van der Waals surface area contributed by atoms with E-state index < -0.39 is 17.5 Å². The van der Waals surface area contributed by atoms with Crippen LogP contribution >= 0.6 is 27.5 Å². The molecule has 0 aliphatic rings. The molecule has 1 heterocycles. The first-order valence-corrected chi connectivity index (χ1v) is 5.85. The summed E-state index contributed by atoms with van der Waals surface area (Å²) < 4.78 is 31.3. The Bertz CT molecular complexity index is 592. The van der Waals surface area contributed by atoms with Crippen LogP contribution in [0.5, 0.6) is 0 Å². The van der Waals surface area contributed by atoms with Crippen LogP contribution in [0.4, 0.5) is 14.5 Å². The van der Waals surface area contributed by atoms with E-state index in [2.05, 4.69) is 21.2 Å². The Labute approximate surface area is 114 Å². The van der Waals surface area contributed by atoms with Gasteiger partial charge >= 0.3 is 0 Å². The summed E-state index contributed by atoms with van der Waals surface area (Å²) in [6.45, 7) is 0. The number of rotatable bonds is 2. The number of hydrogen-bond acceptors (Lipinski definition) is 2. The Hall–Kier alpha value is -1.40. The zero-order chi connectivity index (χ0) is 13.3. The first-order chi connectivity index (χ1) is 8.47. The third-order valence-electron chi connectivity index (χ3n) is 2.04. The molecule has 1 aromatic heterocycles. The van der Waals surface area contributed by atoms with E-state index in [4.69, 9.17) is 16.0 Å². The van der Waals surface area contributed by atoms with E-state index in [-0.39, 0.29) is 21.1 Å². The molecule has 3 nitrogen and oxygen atoms in total. The van der Waals surface area contributed by atoms with Crippen LogP contribution in [0, 0.1) is 11.6 Å². The molecule has 0 spiro atoms. The summed E-state index contributed by atoms with van der Waals surface area (Å²) >= 11 is 8.46. The fraction of sp³-hybridized carbons (Fsp3) is 0. The normalized spacial score (nSPS) is 10.4. The van der Waals surface area contributed by atoms with Crippen molar-refractivity contribution < 1.29 is 18.0 Å². The largest absolute Gasteiger partial charge is 0.440 e. The van der Waals surface area contributed by atoms with E-state index >= 15 is 0 Å². The average molecular weight is 337 g/mol. The molecule has 0 radical (unpaired) electrons. The minimum atomic E-state index is -0.895. The Morgan fingerprint density at radius 1 is 1.33 bits per heavy atom. The van der Waals surface area contributed by atoms with E-state index in [1.165, 1.54) is 12.1 Å². The van der Waals surface area contributed by atoms with Crippen molar-refractivity contribution in [1.82, 2.24) is 0 Å². The molecule has 0 unspecified atom stereocenters. The number of benzene rings is 1. The van der Waals surface area contributed by atoms with E-state index in [1.54, 1.807) is 0 Å². The Balaban J connectivity index is 2.27. The number of hydrogen-bond donors (Lipinski definition) is 1. The summed E-state index contributed by atoms with van der Waals surface area (Å²) in [5.74, 6) is -2.41. The average Bonchev–Trinajstić information content (AvgIpc) is 2.70. The van der Waals surface area contributed by atoms with Crippen LogP contribution in [0.15, 0.2) is 33.2 Å². The minimum Gasteiger partial charge on any atom is -0.440 e. The summed E-state index contributed by atoms with van der Waals surface area (Å²) in [4.78, 5) is 11.7. The van der Waals surface area contributed by atoms with Crippen molar-refractivity contribution in [1.29, 1.82) is 0 Å². The van der Waals surface area contributed by atoms with Crippen LogP contribution in [0.25, 0.3) is 0 Å². The second-order valence-electron chi connectivity index (χ2n) is 3.30. The number of furan rings is 1. The maximum absolute atomic E-state index is 13.5. The van der Waals surface area contributed by atoms with Crippen molar-refractivity contribution in [2.24, 2.45) is 0 Å². The van der Waals surface area contributed by atoms with Crippen LogP contribution in [0.2, 0.25) is 5.22 Å². The lowest BCUT2D eigenvalue weighted by molar-refractivity contribution is 0.0996. The van der Waals surface area contributed by atoms with Gasteiger partial charge in [-0.25, -0.2) is 8.78 Å². The third-order valence-corrected chi connectivity index (χ3v) is 2.87. The molecule has 0 fully saturated rings. The maximum Gasteiger partial charge on any atom is 0.291 e. The Morgan fingerprint density at radius 3 is 2.61 bits per heavy atom.